The van der Waals surface area contributed by atoms with Gasteiger partial charge in [-0.05, 0) is 43.7 Å². The highest BCUT2D eigenvalue weighted by Gasteiger charge is 2.46. The molecule has 1 N–H and O–H groups in total. The number of hydrogen-bond donors (Lipinski definition) is 1. The van der Waals surface area contributed by atoms with Gasteiger partial charge in [0.15, 0.2) is 0 Å². The van der Waals surface area contributed by atoms with Crippen molar-refractivity contribution >= 4 is 17.4 Å². The van der Waals surface area contributed by atoms with Crippen molar-refractivity contribution in [2.75, 3.05) is 27.4 Å². The van der Waals surface area contributed by atoms with Crippen molar-refractivity contribution in [3.63, 3.8) is 0 Å². The summed E-state index contributed by atoms with van der Waals surface area (Å²) in [5.41, 5.74) is 1.05. The van der Waals surface area contributed by atoms with E-state index in [0.717, 1.165) is 0 Å². The molecule has 1 aliphatic heterocycles. The van der Waals surface area contributed by atoms with Crippen LogP contribution in [-0.4, -0.2) is 55.2 Å². The summed E-state index contributed by atoms with van der Waals surface area (Å²) < 4.78 is 16.2. The molecular weight excluding hydrogens is 398 g/mol. The number of ether oxygens (including phenoxy) is 3. The number of Topliss-reactive ketones (excluding diaryl/α,β-unsaturated/α-hetero) is 1. The van der Waals surface area contributed by atoms with E-state index in [1.807, 2.05) is 13.8 Å². The van der Waals surface area contributed by atoms with Crippen LogP contribution in [0.2, 0.25) is 0 Å². The first kappa shape index (κ1) is 22.4. The molecule has 1 saturated heterocycles. The van der Waals surface area contributed by atoms with Crippen LogP contribution in [0.1, 0.15) is 31.0 Å². The van der Waals surface area contributed by atoms with Gasteiger partial charge in [0, 0.05) is 6.54 Å². The molecule has 0 spiro atoms. The molecule has 1 heterocycles. The Balaban J connectivity index is 2.12. The van der Waals surface area contributed by atoms with Gasteiger partial charge in [-0.2, -0.15) is 0 Å². The molecule has 1 aliphatic rings. The molecule has 0 aromatic heterocycles. The van der Waals surface area contributed by atoms with Crippen LogP contribution >= 0.6 is 0 Å². The monoisotopic (exact) mass is 425 g/mol. The molecule has 1 unspecified atom stereocenters. The lowest BCUT2D eigenvalue weighted by Gasteiger charge is -2.26. The van der Waals surface area contributed by atoms with E-state index in [1.54, 1.807) is 55.6 Å². The molecule has 7 heteroatoms. The quantitative estimate of drug-likeness (QED) is 0.396. The predicted octanol–water partition coefficient (Wildman–Crippen LogP) is 3.55. The van der Waals surface area contributed by atoms with Gasteiger partial charge in [-0.1, -0.05) is 24.3 Å². The van der Waals surface area contributed by atoms with Crippen molar-refractivity contribution in [3.05, 3.63) is 65.2 Å². The van der Waals surface area contributed by atoms with Crippen LogP contribution in [0.15, 0.2) is 54.1 Å². The number of aliphatic hydroxyl groups is 1. The van der Waals surface area contributed by atoms with E-state index >= 15 is 0 Å². The lowest BCUT2D eigenvalue weighted by atomic mass is 9.95. The Morgan fingerprint density at radius 1 is 1.03 bits per heavy atom. The molecule has 1 amide bonds. The first-order valence-corrected chi connectivity index (χ1v) is 10.1. The number of ketones is 1. The maximum absolute atomic E-state index is 13.0. The van der Waals surface area contributed by atoms with Crippen LogP contribution in [0.4, 0.5) is 0 Å². The van der Waals surface area contributed by atoms with Crippen molar-refractivity contribution in [1.82, 2.24) is 4.90 Å². The second-order valence-electron chi connectivity index (χ2n) is 7.39. The molecule has 1 atom stereocenters. The molecule has 0 aliphatic carbocycles. The molecule has 0 bridgehead atoms. The van der Waals surface area contributed by atoms with E-state index in [0.29, 0.717) is 22.6 Å². The number of nitrogens with zero attached hydrogens (tertiary/aromatic N) is 1. The highest BCUT2D eigenvalue weighted by molar-refractivity contribution is 6.46. The minimum Gasteiger partial charge on any atom is -0.507 e. The molecule has 2 aromatic rings. The number of likely N-dealkylation sites (tertiary alicyclic amines) is 1. The summed E-state index contributed by atoms with van der Waals surface area (Å²) in [6, 6.07) is 13.1. The third kappa shape index (κ3) is 4.56. The number of carbonyl (C=O) groups is 2. The zero-order valence-electron chi connectivity index (χ0n) is 18.1. The molecule has 3 rings (SSSR count). The maximum Gasteiger partial charge on any atom is 0.295 e. The molecule has 31 heavy (non-hydrogen) atoms. The van der Waals surface area contributed by atoms with Crippen LogP contribution in [0.3, 0.4) is 0 Å². The largest absolute Gasteiger partial charge is 0.507 e. The first-order valence-electron chi connectivity index (χ1n) is 10.1. The maximum atomic E-state index is 13.0. The Hall–Kier alpha value is -3.32. The van der Waals surface area contributed by atoms with Gasteiger partial charge in [0.1, 0.15) is 17.3 Å². The van der Waals surface area contributed by atoms with Gasteiger partial charge in [-0.15, -0.1) is 0 Å². The van der Waals surface area contributed by atoms with Crippen molar-refractivity contribution in [1.29, 1.82) is 0 Å². The van der Waals surface area contributed by atoms with Crippen molar-refractivity contribution in [3.8, 4) is 11.5 Å². The number of aliphatic hydroxyl groups excluding tert-OH is 1. The van der Waals surface area contributed by atoms with Crippen molar-refractivity contribution < 1.29 is 28.9 Å². The SMILES string of the molecule is COc1ccc(C2/C(=C(/O)c3ccccc3OC)C(=O)C(=O)N2CCOC(C)C)cc1. The molecular formula is C24H27NO6. The van der Waals surface area contributed by atoms with Crippen molar-refractivity contribution in [2.45, 2.75) is 26.0 Å². The summed E-state index contributed by atoms with van der Waals surface area (Å²) in [5, 5.41) is 11.1. The van der Waals surface area contributed by atoms with E-state index in [2.05, 4.69) is 0 Å². The number of para-hydroxylation sites is 1. The Morgan fingerprint density at radius 3 is 2.32 bits per heavy atom. The van der Waals surface area contributed by atoms with Crippen LogP contribution in [-0.2, 0) is 14.3 Å². The molecule has 0 saturated carbocycles. The third-order valence-electron chi connectivity index (χ3n) is 5.12. The van der Waals surface area contributed by atoms with E-state index in [4.69, 9.17) is 14.2 Å². The number of methoxy groups -OCH3 is 2. The predicted molar refractivity (Wildman–Crippen MR) is 116 cm³/mol. The number of hydrogen-bond acceptors (Lipinski definition) is 6. The Labute approximate surface area is 181 Å². The van der Waals surface area contributed by atoms with Crippen molar-refractivity contribution in [2.24, 2.45) is 0 Å². The fourth-order valence-electron chi connectivity index (χ4n) is 3.62. The average Bonchev–Trinajstić information content (AvgIpc) is 3.03. The highest BCUT2D eigenvalue weighted by atomic mass is 16.5. The molecule has 0 radical (unpaired) electrons. The minimum atomic E-state index is -0.758. The zero-order valence-corrected chi connectivity index (χ0v) is 18.1. The second-order valence-corrected chi connectivity index (χ2v) is 7.39. The number of benzene rings is 2. The average molecular weight is 425 g/mol. The molecule has 7 nitrogen and oxygen atoms in total. The Bertz CT molecular complexity index is 980. The van der Waals surface area contributed by atoms with E-state index < -0.39 is 17.7 Å². The van der Waals surface area contributed by atoms with E-state index in [-0.39, 0.29) is 30.6 Å². The van der Waals surface area contributed by atoms with Crippen LogP contribution < -0.4 is 9.47 Å². The van der Waals surface area contributed by atoms with Gasteiger partial charge < -0.3 is 24.2 Å². The molecule has 1 fully saturated rings. The zero-order chi connectivity index (χ0) is 22.5. The summed E-state index contributed by atoms with van der Waals surface area (Å²) in [4.78, 5) is 27.4. The van der Waals surface area contributed by atoms with Gasteiger partial charge in [0.2, 0.25) is 0 Å². The Morgan fingerprint density at radius 2 is 1.71 bits per heavy atom. The van der Waals surface area contributed by atoms with Crippen LogP contribution in [0, 0.1) is 0 Å². The third-order valence-corrected chi connectivity index (χ3v) is 5.12. The summed E-state index contributed by atoms with van der Waals surface area (Å²) in [6.45, 7) is 4.28. The number of amides is 1. The van der Waals surface area contributed by atoms with E-state index in [1.165, 1.54) is 12.0 Å². The first-order chi connectivity index (χ1) is 14.9. The van der Waals surface area contributed by atoms with Crippen LogP contribution in [0.5, 0.6) is 11.5 Å². The second kappa shape index (κ2) is 9.66. The topological polar surface area (TPSA) is 85.3 Å². The minimum absolute atomic E-state index is 0.00941. The summed E-state index contributed by atoms with van der Waals surface area (Å²) in [5.74, 6) is -0.640. The lowest BCUT2D eigenvalue weighted by Crippen LogP contribution is -2.33. The standard InChI is InChI=1S/C24H27NO6/c1-15(2)31-14-13-25-21(16-9-11-17(29-3)12-10-16)20(23(27)24(25)28)22(26)18-7-5-6-8-19(18)30-4/h5-12,15,21,26H,13-14H2,1-4H3/b22-20-. The van der Waals surface area contributed by atoms with Gasteiger partial charge >= 0.3 is 0 Å². The molecule has 2 aromatic carbocycles. The summed E-state index contributed by atoms with van der Waals surface area (Å²) in [7, 11) is 3.04. The fourth-order valence-corrected chi connectivity index (χ4v) is 3.62. The smallest absolute Gasteiger partial charge is 0.295 e. The van der Waals surface area contributed by atoms with Gasteiger partial charge in [0.05, 0.1) is 44.1 Å². The fraction of sp³-hybridized carbons (Fsp3) is 0.333. The van der Waals surface area contributed by atoms with Crippen LogP contribution in [0.25, 0.3) is 5.76 Å². The summed E-state index contributed by atoms with van der Waals surface area (Å²) >= 11 is 0. The van der Waals surface area contributed by atoms with Gasteiger partial charge in [0.25, 0.3) is 11.7 Å². The lowest BCUT2D eigenvalue weighted by molar-refractivity contribution is -0.140. The normalized spacial score (nSPS) is 18.0. The molecule has 164 valence electrons. The van der Waals surface area contributed by atoms with Gasteiger partial charge in [-0.3, -0.25) is 9.59 Å². The number of carbonyl (C=O) groups excluding carboxylic acids is 2. The van der Waals surface area contributed by atoms with E-state index in [9.17, 15) is 14.7 Å². The highest BCUT2D eigenvalue weighted by Crippen LogP contribution is 2.41. The van der Waals surface area contributed by atoms with Gasteiger partial charge in [-0.25, -0.2) is 0 Å². The Kier molecular flexibility index (Phi) is 6.97. The number of rotatable bonds is 8. The summed E-state index contributed by atoms with van der Waals surface area (Å²) in [6.07, 6.45) is -0.00941.